The molecule has 0 N–H and O–H groups in total. The van der Waals surface area contributed by atoms with Crippen molar-refractivity contribution in [1.82, 2.24) is 9.80 Å². The quantitative estimate of drug-likeness (QED) is 0.454. The van der Waals surface area contributed by atoms with Crippen LogP contribution in [0.1, 0.15) is 42.9 Å². The minimum atomic E-state index is -0.560. The number of hydrogen-bond acceptors (Lipinski definition) is 4. The van der Waals surface area contributed by atoms with E-state index >= 15 is 0 Å². The highest BCUT2D eigenvalue weighted by Crippen LogP contribution is 2.23. The fourth-order valence-corrected chi connectivity index (χ4v) is 4.04. The third kappa shape index (κ3) is 7.45. The molecule has 2 amide bonds. The molecule has 0 unspecified atom stereocenters. The van der Waals surface area contributed by atoms with Crippen molar-refractivity contribution in [3.8, 4) is 0 Å². The summed E-state index contributed by atoms with van der Waals surface area (Å²) in [4.78, 5) is 41.8. The SMILES string of the molecule is CN(Cc1ccc(Cl)cc1)C(=O)C[C@@H]1C/C=C/CCC(=O)O[C@H](c2ccccc2)CN(C)C1=O. The molecule has 1 aliphatic rings. The molecule has 2 aromatic rings. The zero-order chi connectivity index (χ0) is 24.5. The number of likely N-dealkylation sites (N-methyl/N-ethyl adjacent to an activating group) is 1. The van der Waals surface area contributed by atoms with Gasteiger partial charge in [-0.15, -0.1) is 0 Å². The van der Waals surface area contributed by atoms with Gasteiger partial charge in [0.2, 0.25) is 11.8 Å². The summed E-state index contributed by atoms with van der Waals surface area (Å²) in [6.07, 6.45) is 4.54. The average molecular weight is 483 g/mol. The van der Waals surface area contributed by atoms with Crippen molar-refractivity contribution >= 4 is 29.4 Å². The zero-order valence-corrected chi connectivity index (χ0v) is 20.4. The van der Waals surface area contributed by atoms with Crippen LogP contribution in [0, 0.1) is 5.92 Å². The number of carbonyl (C=O) groups excluding carboxylic acids is 3. The van der Waals surface area contributed by atoms with Crippen LogP contribution in [0.3, 0.4) is 0 Å². The minimum Gasteiger partial charge on any atom is -0.456 e. The lowest BCUT2D eigenvalue weighted by Crippen LogP contribution is -2.39. The highest BCUT2D eigenvalue weighted by atomic mass is 35.5. The van der Waals surface area contributed by atoms with Crippen LogP contribution in [0.4, 0.5) is 0 Å². The fourth-order valence-electron chi connectivity index (χ4n) is 3.92. The number of rotatable bonds is 5. The van der Waals surface area contributed by atoms with Crippen LogP contribution >= 0.6 is 11.6 Å². The first-order valence-electron chi connectivity index (χ1n) is 11.5. The summed E-state index contributed by atoms with van der Waals surface area (Å²) in [6, 6.07) is 16.8. The van der Waals surface area contributed by atoms with E-state index in [-0.39, 0.29) is 37.2 Å². The normalized spacial score (nSPS) is 20.6. The maximum Gasteiger partial charge on any atom is 0.306 e. The van der Waals surface area contributed by atoms with Crippen LogP contribution in [-0.4, -0.2) is 48.2 Å². The van der Waals surface area contributed by atoms with Gasteiger partial charge >= 0.3 is 5.97 Å². The molecule has 1 aliphatic heterocycles. The van der Waals surface area contributed by atoms with Gasteiger partial charge in [-0.2, -0.15) is 0 Å². The molecule has 0 spiro atoms. The first kappa shape index (κ1) is 25.5. The number of ether oxygens (including phenoxy) is 1. The average Bonchev–Trinajstić information content (AvgIpc) is 2.83. The van der Waals surface area contributed by atoms with E-state index in [4.69, 9.17) is 16.3 Å². The lowest BCUT2D eigenvalue weighted by molar-refractivity contribution is -0.153. The molecule has 2 atom stereocenters. The molecule has 2 aromatic carbocycles. The zero-order valence-electron chi connectivity index (χ0n) is 19.7. The Morgan fingerprint density at radius 2 is 1.79 bits per heavy atom. The first-order chi connectivity index (χ1) is 16.3. The Hall–Kier alpha value is -3.12. The number of cyclic esters (lactones) is 1. The highest BCUT2D eigenvalue weighted by molar-refractivity contribution is 6.30. The Bertz CT molecular complexity index is 1010. The van der Waals surface area contributed by atoms with Gasteiger partial charge in [0.15, 0.2) is 0 Å². The molecule has 6 nitrogen and oxygen atoms in total. The number of halogens is 1. The van der Waals surface area contributed by atoms with Gasteiger partial charge in [0.25, 0.3) is 0 Å². The molecule has 3 rings (SSSR count). The number of carbonyl (C=O) groups is 3. The summed E-state index contributed by atoms with van der Waals surface area (Å²) in [5.41, 5.74) is 1.80. The van der Waals surface area contributed by atoms with Crippen molar-refractivity contribution in [2.75, 3.05) is 20.6 Å². The van der Waals surface area contributed by atoms with Gasteiger partial charge in [0, 0.05) is 38.5 Å². The Kier molecular flexibility index (Phi) is 9.28. The van der Waals surface area contributed by atoms with Crippen molar-refractivity contribution < 1.29 is 19.1 Å². The summed E-state index contributed by atoms with van der Waals surface area (Å²) in [5.74, 6) is -1.04. The summed E-state index contributed by atoms with van der Waals surface area (Å²) in [7, 11) is 3.43. The number of hydrogen-bond donors (Lipinski definition) is 0. The number of benzene rings is 2. The lowest BCUT2D eigenvalue weighted by Gasteiger charge is -2.28. The molecule has 0 aliphatic carbocycles. The van der Waals surface area contributed by atoms with Crippen molar-refractivity contribution in [3.05, 3.63) is 82.9 Å². The minimum absolute atomic E-state index is 0.103. The molecule has 0 saturated heterocycles. The predicted octanol–water partition coefficient (Wildman–Crippen LogP) is 4.79. The standard InChI is InChI=1S/C27H31ClN2O4/c1-29(18-20-13-15-23(28)16-14-20)25(31)17-22-11-7-4-8-12-26(32)34-24(19-30(2)27(22)33)21-9-5-3-6-10-21/h3-7,9-10,13-16,22,24H,8,11-12,17-19H2,1-2H3/b7-4+/t22-,24-/m0/s1. The number of allylic oxidation sites excluding steroid dienone is 2. The van der Waals surface area contributed by atoms with Gasteiger partial charge in [0.1, 0.15) is 6.10 Å². The Balaban J connectivity index is 1.72. The van der Waals surface area contributed by atoms with E-state index in [1.165, 1.54) is 0 Å². The molecule has 0 aromatic heterocycles. The topological polar surface area (TPSA) is 66.9 Å². The second kappa shape index (κ2) is 12.4. The molecule has 1 heterocycles. The second-order valence-corrected chi connectivity index (χ2v) is 9.07. The van der Waals surface area contributed by atoms with Gasteiger partial charge in [-0.1, -0.05) is 66.2 Å². The monoisotopic (exact) mass is 482 g/mol. The van der Waals surface area contributed by atoms with Crippen molar-refractivity contribution in [3.63, 3.8) is 0 Å². The van der Waals surface area contributed by atoms with E-state index in [1.807, 2.05) is 54.6 Å². The van der Waals surface area contributed by atoms with E-state index in [1.54, 1.807) is 36.0 Å². The molecular weight excluding hydrogens is 452 g/mol. The molecule has 0 radical (unpaired) electrons. The van der Waals surface area contributed by atoms with Crippen molar-refractivity contribution in [1.29, 1.82) is 0 Å². The molecule has 0 bridgehead atoms. The summed E-state index contributed by atoms with van der Waals surface area (Å²) >= 11 is 5.95. The molecule has 0 fully saturated rings. The van der Waals surface area contributed by atoms with Gasteiger partial charge in [-0.25, -0.2) is 0 Å². The summed E-state index contributed by atoms with van der Waals surface area (Å²) in [6.45, 7) is 0.665. The van der Waals surface area contributed by atoms with E-state index in [0.29, 0.717) is 24.4 Å². The van der Waals surface area contributed by atoms with E-state index in [0.717, 1.165) is 11.1 Å². The Labute approximate surface area is 206 Å². The van der Waals surface area contributed by atoms with Gasteiger partial charge < -0.3 is 14.5 Å². The number of esters is 1. The van der Waals surface area contributed by atoms with Crippen LogP contribution in [0.15, 0.2) is 66.7 Å². The van der Waals surface area contributed by atoms with Crippen LogP contribution in [-0.2, 0) is 25.7 Å². The number of nitrogens with zero attached hydrogens (tertiary/aromatic N) is 2. The fraction of sp³-hybridized carbons (Fsp3) is 0.370. The van der Waals surface area contributed by atoms with E-state index in [2.05, 4.69) is 0 Å². The highest BCUT2D eigenvalue weighted by Gasteiger charge is 2.28. The van der Waals surface area contributed by atoms with Crippen LogP contribution in [0.5, 0.6) is 0 Å². The van der Waals surface area contributed by atoms with Crippen molar-refractivity contribution in [2.45, 2.75) is 38.3 Å². The molecular formula is C27H31ClN2O4. The molecule has 180 valence electrons. The van der Waals surface area contributed by atoms with E-state index < -0.39 is 12.0 Å². The van der Waals surface area contributed by atoms with Crippen LogP contribution in [0.25, 0.3) is 0 Å². The largest absolute Gasteiger partial charge is 0.456 e. The second-order valence-electron chi connectivity index (χ2n) is 8.63. The van der Waals surface area contributed by atoms with Gasteiger partial charge in [0.05, 0.1) is 12.5 Å². The van der Waals surface area contributed by atoms with Gasteiger partial charge in [-0.3, -0.25) is 14.4 Å². The molecule has 0 saturated carbocycles. The molecule has 34 heavy (non-hydrogen) atoms. The van der Waals surface area contributed by atoms with E-state index in [9.17, 15) is 14.4 Å². The summed E-state index contributed by atoms with van der Waals surface area (Å²) < 4.78 is 5.71. The smallest absolute Gasteiger partial charge is 0.306 e. The predicted molar refractivity (Wildman–Crippen MR) is 132 cm³/mol. The number of amides is 2. The van der Waals surface area contributed by atoms with Crippen molar-refractivity contribution in [2.24, 2.45) is 5.92 Å². The molecule has 7 heteroatoms. The maximum absolute atomic E-state index is 13.3. The first-order valence-corrected chi connectivity index (χ1v) is 11.8. The maximum atomic E-state index is 13.3. The summed E-state index contributed by atoms with van der Waals surface area (Å²) in [5, 5.41) is 0.644. The lowest BCUT2D eigenvalue weighted by atomic mass is 9.97. The third-order valence-corrected chi connectivity index (χ3v) is 6.14. The van der Waals surface area contributed by atoms with Crippen LogP contribution < -0.4 is 0 Å². The van der Waals surface area contributed by atoms with Crippen LogP contribution in [0.2, 0.25) is 5.02 Å². The Morgan fingerprint density at radius 1 is 1.09 bits per heavy atom. The van der Waals surface area contributed by atoms with Gasteiger partial charge in [-0.05, 0) is 36.1 Å². The Morgan fingerprint density at radius 3 is 2.50 bits per heavy atom. The third-order valence-electron chi connectivity index (χ3n) is 5.89.